The first kappa shape index (κ1) is 12.5. The molecule has 1 aliphatic heterocycles. The van der Waals surface area contributed by atoms with Crippen molar-refractivity contribution >= 4 is 5.91 Å². The zero-order valence-corrected chi connectivity index (χ0v) is 9.82. The Morgan fingerprint density at radius 2 is 2.20 bits per heavy atom. The summed E-state index contributed by atoms with van der Waals surface area (Å²) in [5, 5.41) is 8.73. The molecule has 1 rings (SSSR count). The number of rotatable bonds is 3. The molecule has 1 saturated heterocycles. The summed E-state index contributed by atoms with van der Waals surface area (Å²) >= 11 is 0. The first-order valence-corrected chi connectivity index (χ1v) is 5.51. The van der Waals surface area contributed by atoms with E-state index in [1.54, 1.807) is 0 Å². The highest BCUT2D eigenvalue weighted by Gasteiger charge is 2.35. The normalized spacial score (nSPS) is 23.3. The summed E-state index contributed by atoms with van der Waals surface area (Å²) in [6.45, 7) is 7.46. The average molecular weight is 215 g/mol. The number of carbonyl (C=O) groups excluding carboxylic acids is 1. The van der Waals surface area contributed by atoms with Gasteiger partial charge in [-0.25, -0.2) is 0 Å². The molecule has 0 bridgehead atoms. The first-order valence-electron chi connectivity index (χ1n) is 5.51. The predicted molar refractivity (Wildman–Crippen MR) is 57.5 cm³/mol. The van der Waals surface area contributed by atoms with Crippen molar-refractivity contribution in [3.8, 4) is 0 Å². The van der Waals surface area contributed by atoms with Gasteiger partial charge in [-0.15, -0.1) is 0 Å². The second-order valence-electron chi connectivity index (χ2n) is 4.89. The maximum atomic E-state index is 12.0. The van der Waals surface area contributed by atoms with Crippen LogP contribution < -0.4 is 0 Å². The van der Waals surface area contributed by atoms with Gasteiger partial charge in [0.05, 0.1) is 6.61 Å². The highest BCUT2D eigenvalue weighted by Crippen LogP contribution is 2.20. The third-order valence-electron chi connectivity index (χ3n) is 2.61. The van der Waals surface area contributed by atoms with Crippen LogP contribution in [0.3, 0.4) is 0 Å². The Kier molecular flexibility index (Phi) is 4.11. The number of ether oxygens (including phenoxy) is 1. The zero-order chi connectivity index (χ0) is 11.5. The molecule has 4 nitrogen and oxygen atoms in total. The van der Waals surface area contributed by atoms with Crippen molar-refractivity contribution in [3.05, 3.63) is 0 Å². The number of hydrogen-bond donors (Lipinski definition) is 1. The molecule has 15 heavy (non-hydrogen) atoms. The van der Waals surface area contributed by atoms with Gasteiger partial charge in [0.25, 0.3) is 5.91 Å². The molecule has 1 fully saturated rings. The molecule has 88 valence electrons. The molecule has 0 radical (unpaired) electrons. The molecule has 0 saturated carbocycles. The molecule has 0 aromatic heterocycles. The quantitative estimate of drug-likeness (QED) is 0.757. The number of aliphatic hydroxyl groups is 1. The number of aliphatic hydroxyl groups excluding tert-OH is 1. The van der Waals surface area contributed by atoms with Crippen LogP contribution in [0.25, 0.3) is 0 Å². The highest BCUT2D eigenvalue weighted by atomic mass is 16.5. The Balaban J connectivity index is 2.59. The lowest BCUT2D eigenvalue weighted by Crippen LogP contribution is -2.55. The van der Waals surface area contributed by atoms with Crippen LogP contribution in [0.1, 0.15) is 33.6 Å². The van der Waals surface area contributed by atoms with Crippen molar-refractivity contribution in [3.63, 3.8) is 0 Å². The fourth-order valence-electron chi connectivity index (χ4n) is 1.79. The van der Waals surface area contributed by atoms with Crippen LogP contribution in [-0.4, -0.2) is 47.3 Å². The molecule has 1 unspecified atom stereocenters. The maximum absolute atomic E-state index is 12.0. The molecule has 0 spiro atoms. The van der Waals surface area contributed by atoms with Crippen LogP contribution >= 0.6 is 0 Å². The highest BCUT2D eigenvalue weighted by molar-refractivity contribution is 5.82. The lowest BCUT2D eigenvalue weighted by molar-refractivity contribution is -0.160. The van der Waals surface area contributed by atoms with Gasteiger partial charge in [0.1, 0.15) is 6.10 Å². The molecular weight excluding hydrogens is 194 g/mol. The van der Waals surface area contributed by atoms with Gasteiger partial charge in [0, 0.05) is 18.7 Å². The summed E-state index contributed by atoms with van der Waals surface area (Å²) in [5.41, 5.74) is -0.141. The summed E-state index contributed by atoms with van der Waals surface area (Å²) in [7, 11) is 0. The van der Waals surface area contributed by atoms with Crippen LogP contribution in [0.4, 0.5) is 0 Å². The predicted octanol–water partition coefficient (Wildman–Crippen LogP) is 0.785. The van der Waals surface area contributed by atoms with E-state index in [0.717, 1.165) is 0 Å². The van der Waals surface area contributed by atoms with E-state index >= 15 is 0 Å². The van der Waals surface area contributed by atoms with Gasteiger partial charge in [-0.1, -0.05) is 0 Å². The molecule has 0 aromatic carbocycles. The van der Waals surface area contributed by atoms with Gasteiger partial charge < -0.3 is 14.7 Å². The van der Waals surface area contributed by atoms with Crippen LogP contribution in [0.5, 0.6) is 0 Å². The summed E-state index contributed by atoms with van der Waals surface area (Å²) in [6.07, 6.45) is 0.876. The summed E-state index contributed by atoms with van der Waals surface area (Å²) < 4.78 is 5.42. The Morgan fingerprint density at radius 1 is 1.53 bits per heavy atom. The van der Waals surface area contributed by atoms with E-state index in [1.165, 1.54) is 0 Å². The van der Waals surface area contributed by atoms with Crippen LogP contribution in [0, 0.1) is 0 Å². The Morgan fingerprint density at radius 3 is 2.73 bits per heavy atom. The van der Waals surface area contributed by atoms with Crippen LogP contribution in [0.15, 0.2) is 0 Å². The van der Waals surface area contributed by atoms with E-state index in [4.69, 9.17) is 9.84 Å². The molecular formula is C11H21NO3. The minimum atomic E-state index is -0.356. The fraction of sp³-hybridized carbons (Fsp3) is 0.909. The van der Waals surface area contributed by atoms with E-state index < -0.39 is 0 Å². The Hall–Kier alpha value is -0.610. The number of morpholine rings is 1. The second kappa shape index (κ2) is 4.94. The summed E-state index contributed by atoms with van der Waals surface area (Å²) in [6, 6.07) is 0. The maximum Gasteiger partial charge on any atom is 0.252 e. The number of hydrogen-bond acceptors (Lipinski definition) is 3. The van der Waals surface area contributed by atoms with Crippen molar-refractivity contribution < 1.29 is 14.6 Å². The van der Waals surface area contributed by atoms with Gasteiger partial charge in [-0.2, -0.15) is 0 Å². The number of amides is 1. The summed E-state index contributed by atoms with van der Waals surface area (Å²) in [5.74, 6) is 0.0576. The largest absolute Gasteiger partial charge is 0.396 e. The van der Waals surface area contributed by atoms with Gasteiger partial charge in [0.15, 0.2) is 0 Å². The number of nitrogens with zero attached hydrogens (tertiary/aromatic N) is 1. The molecule has 0 aliphatic carbocycles. The molecule has 1 amide bonds. The molecule has 0 aromatic rings. The lowest BCUT2D eigenvalue weighted by Gasteiger charge is -2.41. The summed E-state index contributed by atoms with van der Waals surface area (Å²) in [4.78, 5) is 13.9. The standard InChI is InChI=1S/C11H21NO3/c1-11(2,3)12-6-8-15-9(10(12)14)5-4-7-13/h9,13H,4-8H2,1-3H3. The van der Waals surface area contributed by atoms with Gasteiger partial charge in [-0.3, -0.25) is 4.79 Å². The zero-order valence-electron chi connectivity index (χ0n) is 9.82. The van der Waals surface area contributed by atoms with E-state index in [1.807, 2.05) is 25.7 Å². The molecule has 1 atom stereocenters. The molecule has 1 heterocycles. The lowest BCUT2D eigenvalue weighted by atomic mass is 10.0. The van der Waals surface area contributed by atoms with Crippen molar-refractivity contribution in [2.24, 2.45) is 0 Å². The van der Waals surface area contributed by atoms with E-state index in [9.17, 15) is 4.79 Å². The van der Waals surface area contributed by atoms with Gasteiger partial charge >= 0.3 is 0 Å². The van der Waals surface area contributed by atoms with E-state index in [0.29, 0.717) is 26.0 Å². The van der Waals surface area contributed by atoms with E-state index in [-0.39, 0.29) is 24.2 Å². The average Bonchev–Trinajstić information content (AvgIpc) is 2.14. The monoisotopic (exact) mass is 215 g/mol. The Labute approximate surface area is 91.2 Å². The molecule has 4 heteroatoms. The molecule has 1 aliphatic rings. The minimum absolute atomic E-state index is 0.0576. The van der Waals surface area contributed by atoms with Crippen LogP contribution in [-0.2, 0) is 9.53 Å². The topological polar surface area (TPSA) is 49.8 Å². The minimum Gasteiger partial charge on any atom is -0.396 e. The third kappa shape index (κ3) is 3.18. The van der Waals surface area contributed by atoms with Crippen LogP contribution in [0.2, 0.25) is 0 Å². The van der Waals surface area contributed by atoms with Crippen molar-refractivity contribution in [2.45, 2.75) is 45.3 Å². The second-order valence-corrected chi connectivity index (χ2v) is 4.89. The van der Waals surface area contributed by atoms with E-state index in [2.05, 4.69) is 0 Å². The Bertz CT molecular complexity index is 222. The van der Waals surface area contributed by atoms with Crippen molar-refractivity contribution in [2.75, 3.05) is 19.8 Å². The smallest absolute Gasteiger partial charge is 0.252 e. The third-order valence-corrected chi connectivity index (χ3v) is 2.61. The molecule has 1 N–H and O–H groups in total. The van der Waals surface area contributed by atoms with Gasteiger partial charge in [-0.05, 0) is 33.6 Å². The first-order chi connectivity index (χ1) is 6.96. The van der Waals surface area contributed by atoms with Crippen molar-refractivity contribution in [1.82, 2.24) is 4.90 Å². The number of carbonyl (C=O) groups is 1. The fourth-order valence-corrected chi connectivity index (χ4v) is 1.79. The van der Waals surface area contributed by atoms with Crippen molar-refractivity contribution in [1.29, 1.82) is 0 Å². The SMILES string of the molecule is CC(C)(C)N1CCOC(CCCO)C1=O. The van der Waals surface area contributed by atoms with Gasteiger partial charge in [0.2, 0.25) is 0 Å².